The van der Waals surface area contributed by atoms with Crippen molar-refractivity contribution in [3.8, 4) is 5.75 Å². The number of anilines is 1. The van der Waals surface area contributed by atoms with Crippen LogP contribution in [-0.2, 0) is 17.6 Å². The van der Waals surface area contributed by atoms with Crippen LogP contribution in [0.4, 0.5) is 5.69 Å². The Morgan fingerprint density at radius 1 is 0.929 bits per heavy atom. The third kappa shape index (κ3) is 6.29. The summed E-state index contributed by atoms with van der Waals surface area (Å²) in [6.45, 7) is 5.61. The van der Waals surface area contributed by atoms with Crippen LogP contribution < -0.4 is 15.0 Å². The molecule has 1 aliphatic rings. The average Bonchev–Trinajstić information content (AvgIpc) is 3.00. The van der Waals surface area contributed by atoms with Gasteiger partial charge >= 0.3 is 0 Å². The van der Waals surface area contributed by atoms with E-state index in [9.17, 15) is 4.79 Å². The summed E-state index contributed by atoms with van der Waals surface area (Å²) in [6, 6.07) is 16.6. The molecule has 1 fully saturated rings. The molecule has 0 saturated carbocycles. The van der Waals surface area contributed by atoms with E-state index < -0.39 is 0 Å². The van der Waals surface area contributed by atoms with Crippen molar-refractivity contribution in [3.05, 3.63) is 59.7 Å². The highest BCUT2D eigenvalue weighted by Gasteiger charge is 2.09. The highest BCUT2D eigenvalue weighted by atomic mass is 16.5. The van der Waals surface area contributed by atoms with Gasteiger partial charge in [-0.15, -0.1) is 0 Å². The molecule has 4 nitrogen and oxygen atoms in total. The average molecular weight is 381 g/mol. The van der Waals surface area contributed by atoms with Gasteiger partial charge in [0.05, 0.1) is 13.0 Å². The van der Waals surface area contributed by atoms with E-state index in [2.05, 4.69) is 34.5 Å². The maximum atomic E-state index is 12.2. The lowest BCUT2D eigenvalue weighted by Gasteiger charge is -2.22. The molecule has 1 saturated heterocycles. The van der Waals surface area contributed by atoms with Crippen molar-refractivity contribution in [1.82, 2.24) is 5.32 Å². The number of carbonyl (C=O) groups excluding carboxylic acids is 1. The molecule has 2 aromatic carbocycles. The minimum atomic E-state index is 0.0605. The minimum absolute atomic E-state index is 0.0605. The van der Waals surface area contributed by atoms with E-state index in [-0.39, 0.29) is 5.91 Å². The Bertz CT molecular complexity index is 717. The zero-order valence-corrected chi connectivity index (χ0v) is 17.0. The van der Waals surface area contributed by atoms with E-state index >= 15 is 0 Å². The predicted molar refractivity (Wildman–Crippen MR) is 115 cm³/mol. The standard InChI is InChI=1S/C24H32N2O2/c1-2-28-23-13-9-21(10-14-23)19-24(27)25-16-15-20-7-11-22(12-8-20)26-17-5-3-4-6-18-26/h7-14H,2-6,15-19H2,1H3,(H,25,27). The monoisotopic (exact) mass is 380 g/mol. The quantitative estimate of drug-likeness (QED) is 0.739. The minimum Gasteiger partial charge on any atom is -0.494 e. The molecule has 0 bridgehead atoms. The van der Waals surface area contributed by atoms with Crippen LogP contribution >= 0.6 is 0 Å². The van der Waals surface area contributed by atoms with Gasteiger partial charge in [0.25, 0.3) is 0 Å². The summed E-state index contributed by atoms with van der Waals surface area (Å²) in [5.41, 5.74) is 3.59. The van der Waals surface area contributed by atoms with Crippen LogP contribution in [0.2, 0.25) is 0 Å². The fourth-order valence-electron chi connectivity index (χ4n) is 3.67. The first kappa shape index (κ1) is 20.2. The maximum absolute atomic E-state index is 12.2. The summed E-state index contributed by atoms with van der Waals surface area (Å²) in [5.74, 6) is 0.903. The van der Waals surface area contributed by atoms with Crippen LogP contribution in [-0.4, -0.2) is 32.1 Å². The second-order valence-corrected chi connectivity index (χ2v) is 7.42. The van der Waals surface area contributed by atoms with Crippen molar-refractivity contribution < 1.29 is 9.53 Å². The Kier molecular flexibility index (Phi) is 7.77. The third-order valence-corrected chi connectivity index (χ3v) is 5.24. The maximum Gasteiger partial charge on any atom is 0.224 e. The lowest BCUT2D eigenvalue weighted by Crippen LogP contribution is -2.27. The normalized spacial score (nSPS) is 14.4. The molecule has 150 valence electrons. The molecule has 0 radical (unpaired) electrons. The Hall–Kier alpha value is -2.49. The number of hydrogen-bond donors (Lipinski definition) is 1. The van der Waals surface area contributed by atoms with Gasteiger partial charge in [0.1, 0.15) is 5.75 Å². The second kappa shape index (κ2) is 10.7. The van der Waals surface area contributed by atoms with Crippen molar-refractivity contribution in [2.24, 2.45) is 0 Å². The summed E-state index contributed by atoms with van der Waals surface area (Å²) in [6.07, 6.45) is 6.55. The van der Waals surface area contributed by atoms with Crippen molar-refractivity contribution >= 4 is 11.6 Å². The first-order valence-corrected chi connectivity index (χ1v) is 10.6. The molecule has 4 heteroatoms. The summed E-state index contributed by atoms with van der Waals surface area (Å²) in [7, 11) is 0. The van der Waals surface area contributed by atoms with Crippen molar-refractivity contribution in [3.63, 3.8) is 0 Å². The van der Waals surface area contributed by atoms with E-state index in [1.165, 1.54) is 50.0 Å². The van der Waals surface area contributed by atoms with E-state index in [1.54, 1.807) is 0 Å². The van der Waals surface area contributed by atoms with E-state index in [1.807, 2.05) is 31.2 Å². The molecule has 0 aliphatic carbocycles. The molecule has 0 unspecified atom stereocenters. The molecule has 1 amide bonds. The number of nitrogens with one attached hydrogen (secondary N) is 1. The SMILES string of the molecule is CCOc1ccc(CC(=O)NCCc2ccc(N3CCCCCC3)cc2)cc1. The molecule has 2 aromatic rings. The van der Waals surface area contributed by atoms with Crippen LogP contribution in [0, 0.1) is 0 Å². The number of benzene rings is 2. The number of ether oxygens (including phenoxy) is 1. The second-order valence-electron chi connectivity index (χ2n) is 7.42. The van der Waals surface area contributed by atoms with Crippen molar-refractivity contribution in [2.45, 2.75) is 45.4 Å². The van der Waals surface area contributed by atoms with Gasteiger partial charge in [-0.05, 0) is 61.6 Å². The molecule has 0 spiro atoms. The van der Waals surface area contributed by atoms with E-state index in [0.717, 1.165) is 17.7 Å². The molecular formula is C24H32N2O2. The van der Waals surface area contributed by atoms with E-state index in [0.29, 0.717) is 19.6 Å². The van der Waals surface area contributed by atoms with Gasteiger partial charge < -0.3 is 15.0 Å². The van der Waals surface area contributed by atoms with Crippen LogP contribution in [0.25, 0.3) is 0 Å². The van der Waals surface area contributed by atoms with Gasteiger partial charge in [0.15, 0.2) is 0 Å². The molecular weight excluding hydrogens is 348 g/mol. The zero-order valence-electron chi connectivity index (χ0n) is 17.0. The van der Waals surface area contributed by atoms with Crippen molar-refractivity contribution in [2.75, 3.05) is 31.1 Å². The number of hydrogen-bond acceptors (Lipinski definition) is 3. The van der Waals surface area contributed by atoms with Crippen LogP contribution in [0.15, 0.2) is 48.5 Å². The number of carbonyl (C=O) groups is 1. The fourth-order valence-corrected chi connectivity index (χ4v) is 3.67. The fraction of sp³-hybridized carbons (Fsp3) is 0.458. The van der Waals surface area contributed by atoms with Gasteiger partial charge in [-0.25, -0.2) is 0 Å². The molecule has 1 N–H and O–H groups in total. The molecule has 0 aromatic heterocycles. The van der Waals surface area contributed by atoms with Crippen molar-refractivity contribution in [1.29, 1.82) is 0 Å². The third-order valence-electron chi connectivity index (χ3n) is 5.24. The molecule has 0 atom stereocenters. The lowest BCUT2D eigenvalue weighted by molar-refractivity contribution is -0.120. The van der Waals surface area contributed by atoms with Gasteiger partial charge in [0.2, 0.25) is 5.91 Å². The molecule has 1 aliphatic heterocycles. The van der Waals surface area contributed by atoms with Crippen LogP contribution in [0.3, 0.4) is 0 Å². The Balaban J connectivity index is 1.41. The number of amides is 1. The molecule has 1 heterocycles. The van der Waals surface area contributed by atoms with Gasteiger partial charge in [-0.3, -0.25) is 4.79 Å². The Morgan fingerprint density at radius 3 is 2.21 bits per heavy atom. The topological polar surface area (TPSA) is 41.6 Å². The summed E-state index contributed by atoms with van der Waals surface area (Å²) in [4.78, 5) is 14.7. The summed E-state index contributed by atoms with van der Waals surface area (Å²) in [5, 5.41) is 3.03. The number of nitrogens with zero attached hydrogens (tertiary/aromatic N) is 1. The Morgan fingerprint density at radius 2 is 1.57 bits per heavy atom. The van der Waals surface area contributed by atoms with Gasteiger partial charge in [-0.2, -0.15) is 0 Å². The summed E-state index contributed by atoms with van der Waals surface area (Å²) >= 11 is 0. The van der Waals surface area contributed by atoms with Crippen LogP contribution in [0.5, 0.6) is 5.75 Å². The molecule has 3 rings (SSSR count). The van der Waals surface area contributed by atoms with Gasteiger partial charge in [-0.1, -0.05) is 37.1 Å². The van der Waals surface area contributed by atoms with Crippen LogP contribution in [0.1, 0.15) is 43.7 Å². The largest absolute Gasteiger partial charge is 0.494 e. The highest BCUT2D eigenvalue weighted by molar-refractivity contribution is 5.78. The van der Waals surface area contributed by atoms with Gasteiger partial charge in [0, 0.05) is 25.3 Å². The lowest BCUT2D eigenvalue weighted by atomic mass is 10.1. The first-order valence-electron chi connectivity index (χ1n) is 10.6. The smallest absolute Gasteiger partial charge is 0.224 e. The highest BCUT2D eigenvalue weighted by Crippen LogP contribution is 2.20. The first-order chi connectivity index (χ1) is 13.7. The Labute approximate surface area is 168 Å². The predicted octanol–water partition coefficient (Wildman–Crippen LogP) is 4.37. The molecule has 28 heavy (non-hydrogen) atoms. The zero-order chi connectivity index (χ0) is 19.6. The summed E-state index contributed by atoms with van der Waals surface area (Å²) < 4.78 is 5.43. The number of rotatable bonds is 8. The van der Waals surface area contributed by atoms with E-state index in [4.69, 9.17) is 4.74 Å².